The third-order valence-electron chi connectivity index (χ3n) is 2.72. The second-order valence-electron chi connectivity index (χ2n) is 3.71. The van der Waals surface area contributed by atoms with Crippen LogP contribution in [0.2, 0.25) is 10.0 Å². The summed E-state index contributed by atoms with van der Waals surface area (Å²) in [5, 5.41) is 9.74. The lowest BCUT2D eigenvalue weighted by molar-refractivity contribution is 0.400. The Morgan fingerprint density at radius 3 is 2.65 bits per heavy atom. The fourth-order valence-electron chi connectivity index (χ4n) is 1.48. The first-order valence-electron chi connectivity index (χ1n) is 5.08. The molecule has 0 radical (unpaired) electrons. The molecular weight excluding hydrogens is 257 g/mol. The first kappa shape index (κ1) is 13.8. The number of amidine groups is 1. The molecule has 0 saturated heterocycles. The quantitative estimate of drug-likeness (QED) is 0.464. The van der Waals surface area contributed by atoms with Gasteiger partial charge in [0.1, 0.15) is 5.84 Å². The first-order chi connectivity index (χ1) is 7.97. The topological polar surface area (TPSA) is 39.4 Å². The SMILES string of the molecule is CC(=NC#N)N(C)C(C)c1ccc(Cl)cc1Cl. The molecule has 1 aromatic rings. The van der Waals surface area contributed by atoms with Crippen LogP contribution < -0.4 is 0 Å². The van der Waals surface area contributed by atoms with Gasteiger partial charge in [0.15, 0.2) is 0 Å². The molecule has 0 saturated carbocycles. The summed E-state index contributed by atoms with van der Waals surface area (Å²) in [7, 11) is 1.87. The number of rotatable bonds is 2. The van der Waals surface area contributed by atoms with Gasteiger partial charge in [0.2, 0.25) is 6.19 Å². The number of nitrogens with zero attached hydrogens (tertiary/aromatic N) is 3. The maximum atomic E-state index is 8.52. The van der Waals surface area contributed by atoms with E-state index in [-0.39, 0.29) is 6.04 Å². The molecule has 0 amide bonds. The van der Waals surface area contributed by atoms with Crippen LogP contribution in [0.25, 0.3) is 0 Å². The molecule has 0 heterocycles. The minimum Gasteiger partial charge on any atom is -0.356 e. The molecule has 1 rings (SSSR count). The van der Waals surface area contributed by atoms with Crippen molar-refractivity contribution in [1.29, 1.82) is 5.26 Å². The Bertz CT molecular complexity index is 477. The van der Waals surface area contributed by atoms with Gasteiger partial charge in [-0.15, -0.1) is 0 Å². The highest BCUT2D eigenvalue weighted by Gasteiger charge is 2.15. The summed E-state index contributed by atoms with van der Waals surface area (Å²) < 4.78 is 0. The van der Waals surface area contributed by atoms with Gasteiger partial charge in [0.25, 0.3) is 0 Å². The molecule has 17 heavy (non-hydrogen) atoms. The smallest absolute Gasteiger partial charge is 0.207 e. The average Bonchev–Trinajstić information content (AvgIpc) is 2.27. The van der Waals surface area contributed by atoms with E-state index in [2.05, 4.69) is 4.99 Å². The van der Waals surface area contributed by atoms with Crippen LogP contribution in [0.3, 0.4) is 0 Å². The molecule has 5 heteroatoms. The molecule has 0 aromatic heterocycles. The van der Waals surface area contributed by atoms with Gasteiger partial charge in [-0.3, -0.25) is 0 Å². The normalized spacial score (nSPS) is 13.1. The van der Waals surface area contributed by atoms with E-state index in [4.69, 9.17) is 28.5 Å². The number of halogens is 2. The molecule has 0 spiro atoms. The summed E-state index contributed by atoms with van der Waals surface area (Å²) in [6.45, 7) is 3.77. The van der Waals surface area contributed by atoms with Gasteiger partial charge in [0.05, 0.1) is 6.04 Å². The lowest BCUT2D eigenvalue weighted by Gasteiger charge is -2.26. The lowest BCUT2D eigenvalue weighted by Crippen LogP contribution is -2.27. The highest BCUT2D eigenvalue weighted by molar-refractivity contribution is 6.35. The highest BCUT2D eigenvalue weighted by atomic mass is 35.5. The minimum absolute atomic E-state index is 0.0249. The van der Waals surface area contributed by atoms with Crippen LogP contribution >= 0.6 is 23.2 Å². The van der Waals surface area contributed by atoms with E-state index in [1.807, 2.05) is 24.9 Å². The van der Waals surface area contributed by atoms with E-state index in [1.54, 1.807) is 25.2 Å². The second kappa shape index (κ2) is 5.90. The Morgan fingerprint density at radius 2 is 2.12 bits per heavy atom. The van der Waals surface area contributed by atoms with Gasteiger partial charge in [-0.25, -0.2) is 0 Å². The van der Waals surface area contributed by atoms with E-state index < -0.39 is 0 Å². The summed E-state index contributed by atoms with van der Waals surface area (Å²) in [4.78, 5) is 5.58. The van der Waals surface area contributed by atoms with Gasteiger partial charge >= 0.3 is 0 Å². The van der Waals surface area contributed by atoms with Gasteiger partial charge in [-0.1, -0.05) is 29.3 Å². The second-order valence-corrected chi connectivity index (χ2v) is 4.56. The summed E-state index contributed by atoms with van der Waals surface area (Å²) in [5.74, 6) is 0.644. The number of nitriles is 1. The van der Waals surface area contributed by atoms with E-state index in [0.29, 0.717) is 15.9 Å². The zero-order chi connectivity index (χ0) is 13.0. The van der Waals surface area contributed by atoms with Crippen molar-refractivity contribution in [2.45, 2.75) is 19.9 Å². The number of hydrogen-bond donors (Lipinski definition) is 0. The predicted molar refractivity (Wildman–Crippen MR) is 71.4 cm³/mol. The van der Waals surface area contributed by atoms with Crippen LogP contribution in [-0.4, -0.2) is 17.8 Å². The minimum atomic E-state index is 0.0249. The molecule has 0 bridgehead atoms. The van der Waals surface area contributed by atoms with E-state index in [0.717, 1.165) is 5.56 Å². The standard InChI is InChI=1S/C12H13Cl2N3/c1-8(17(3)9(2)16-7-15)11-5-4-10(13)6-12(11)14/h4-6,8H,1-3H3. The monoisotopic (exact) mass is 269 g/mol. The Hall–Kier alpha value is -1.24. The third-order valence-corrected chi connectivity index (χ3v) is 3.28. The number of hydrogen-bond acceptors (Lipinski definition) is 2. The van der Waals surface area contributed by atoms with Crippen molar-refractivity contribution in [2.24, 2.45) is 4.99 Å². The van der Waals surface area contributed by atoms with Crippen molar-refractivity contribution in [3.8, 4) is 6.19 Å². The Labute approximate surface area is 111 Å². The van der Waals surface area contributed by atoms with Crippen molar-refractivity contribution < 1.29 is 0 Å². The van der Waals surface area contributed by atoms with Crippen molar-refractivity contribution in [3.63, 3.8) is 0 Å². The predicted octanol–water partition coefficient (Wildman–Crippen LogP) is 3.89. The summed E-state index contributed by atoms with van der Waals surface area (Å²) in [6, 6.07) is 5.41. The maximum absolute atomic E-state index is 8.52. The molecule has 0 aliphatic carbocycles. The zero-order valence-electron chi connectivity index (χ0n) is 9.91. The molecule has 0 N–H and O–H groups in total. The summed E-state index contributed by atoms with van der Waals surface area (Å²) >= 11 is 12.0. The van der Waals surface area contributed by atoms with Gasteiger partial charge in [-0.2, -0.15) is 10.3 Å². The van der Waals surface area contributed by atoms with Crippen molar-refractivity contribution in [2.75, 3.05) is 7.05 Å². The van der Waals surface area contributed by atoms with Crippen LogP contribution in [0.5, 0.6) is 0 Å². The molecule has 90 valence electrons. The zero-order valence-corrected chi connectivity index (χ0v) is 11.4. The lowest BCUT2D eigenvalue weighted by atomic mass is 10.1. The van der Waals surface area contributed by atoms with Gasteiger partial charge in [-0.05, 0) is 31.5 Å². The molecule has 0 fully saturated rings. The Morgan fingerprint density at radius 1 is 1.47 bits per heavy atom. The fraction of sp³-hybridized carbons (Fsp3) is 0.333. The molecule has 1 atom stereocenters. The van der Waals surface area contributed by atoms with Crippen LogP contribution in [0.15, 0.2) is 23.2 Å². The van der Waals surface area contributed by atoms with E-state index in [1.165, 1.54) is 0 Å². The Balaban J connectivity index is 3.01. The van der Waals surface area contributed by atoms with Gasteiger partial charge in [0, 0.05) is 17.1 Å². The fourth-order valence-corrected chi connectivity index (χ4v) is 2.05. The van der Waals surface area contributed by atoms with Gasteiger partial charge < -0.3 is 4.90 Å². The van der Waals surface area contributed by atoms with Crippen molar-refractivity contribution in [1.82, 2.24) is 4.90 Å². The molecule has 3 nitrogen and oxygen atoms in total. The van der Waals surface area contributed by atoms with Crippen LogP contribution in [-0.2, 0) is 0 Å². The van der Waals surface area contributed by atoms with Crippen LogP contribution in [0.1, 0.15) is 25.5 Å². The van der Waals surface area contributed by atoms with E-state index in [9.17, 15) is 0 Å². The molecule has 0 aliphatic heterocycles. The highest BCUT2D eigenvalue weighted by Crippen LogP contribution is 2.29. The molecule has 0 aliphatic rings. The third kappa shape index (κ3) is 3.36. The Kier molecular flexibility index (Phi) is 4.80. The summed E-state index contributed by atoms with van der Waals surface area (Å²) in [5.41, 5.74) is 0.950. The number of benzene rings is 1. The maximum Gasteiger partial charge on any atom is 0.207 e. The van der Waals surface area contributed by atoms with E-state index >= 15 is 0 Å². The largest absolute Gasteiger partial charge is 0.356 e. The molecule has 1 aromatic carbocycles. The number of aliphatic imine (C=N–C) groups is 1. The molecule has 1 unspecified atom stereocenters. The summed E-state index contributed by atoms with van der Waals surface area (Å²) in [6.07, 6.45) is 1.77. The average molecular weight is 270 g/mol. The van der Waals surface area contributed by atoms with Crippen molar-refractivity contribution >= 4 is 29.0 Å². The first-order valence-corrected chi connectivity index (χ1v) is 5.84. The molecular formula is C12H13Cl2N3. The van der Waals surface area contributed by atoms with Crippen molar-refractivity contribution in [3.05, 3.63) is 33.8 Å². The van der Waals surface area contributed by atoms with Crippen LogP contribution in [0, 0.1) is 11.5 Å². The van der Waals surface area contributed by atoms with Crippen LogP contribution in [0.4, 0.5) is 0 Å².